The molecule has 4 heteroatoms. The van der Waals surface area contributed by atoms with Crippen molar-refractivity contribution < 1.29 is 15.3 Å². The maximum atomic E-state index is 11.3. The number of aliphatic hydroxyl groups excluding tert-OH is 1. The Morgan fingerprint density at radius 3 is 2.76 bits per heavy atom. The molecule has 1 fully saturated rings. The number of benzene rings is 1. The number of hydrogen-bond acceptors (Lipinski definition) is 4. The summed E-state index contributed by atoms with van der Waals surface area (Å²) < 4.78 is 0. The van der Waals surface area contributed by atoms with Crippen LogP contribution in [0.3, 0.4) is 0 Å². The van der Waals surface area contributed by atoms with Crippen molar-refractivity contribution in [2.45, 2.75) is 56.1 Å². The van der Waals surface area contributed by atoms with E-state index >= 15 is 0 Å². The van der Waals surface area contributed by atoms with Crippen LogP contribution in [-0.2, 0) is 17.4 Å². The number of nitrogens with zero attached hydrogens (tertiary/aromatic N) is 1. The largest absolute Gasteiger partial charge is 0.508 e. The van der Waals surface area contributed by atoms with Crippen molar-refractivity contribution in [2.75, 3.05) is 0 Å². The molecule has 25 heavy (non-hydrogen) atoms. The number of aryl methyl sites for hydroxylation is 1. The second-order valence-corrected chi connectivity index (χ2v) is 7.65. The van der Waals surface area contributed by atoms with E-state index in [0.717, 1.165) is 19.3 Å². The number of aromatic hydroxyl groups is 1. The van der Waals surface area contributed by atoms with E-state index < -0.39 is 11.7 Å². The summed E-state index contributed by atoms with van der Waals surface area (Å²) in [6.07, 6.45) is 4.58. The predicted molar refractivity (Wildman–Crippen MR) is 95.3 cm³/mol. The maximum absolute atomic E-state index is 11.3. The van der Waals surface area contributed by atoms with Gasteiger partial charge in [-0.1, -0.05) is 19.1 Å². The van der Waals surface area contributed by atoms with Gasteiger partial charge >= 0.3 is 0 Å². The second-order valence-electron chi connectivity index (χ2n) is 7.65. The Morgan fingerprint density at radius 2 is 2.04 bits per heavy atom. The summed E-state index contributed by atoms with van der Waals surface area (Å²) in [5, 5.41) is 32.1. The van der Waals surface area contributed by atoms with E-state index in [0.29, 0.717) is 24.3 Å². The first-order valence-corrected chi connectivity index (χ1v) is 9.14. The highest BCUT2D eigenvalue weighted by Gasteiger charge is 2.56. The van der Waals surface area contributed by atoms with E-state index in [2.05, 4.69) is 11.9 Å². The quantitative estimate of drug-likeness (QED) is 0.786. The van der Waals surface area contributed by atoms with Gasteiger partial charge in [-0.25, -0.2) is 0 Å². The first-order valence-electron chi connectivity index (χ1n) is 9.14. The second kappa shape index (κ2) is 5.82. The Labute approximate surface area is 148 Å². The Bertz CT molecular complexity index is 778. The lowest BCUT2D eigenvalue weighted by atomic mass is 9.52. The summed E-state index contributed by atoms with van der Waals surface area (Å²) in [6.45, 7) is 2.16. The molecule has 2 aromatic rings. The molecule has 132 valence electrons. The van der Waals surface area contributed by atoms with Crippen molar-refractivity contribution in [1.29, 1.82) is 0 Å². The van der Waals surface area contributed by atoms with Crippen molar-refractivity contribution in [3.8, 4) is 5.75 Å². The fraction of sp³-hybridized carbons (Fsp3) is 0.476. The lowest BCUT2D eigenvalue weighted by Crippen LogP contribution is -2.56. The monoisotopic (exact) mass is 339 g/mol. The number of aliphatic hydroxyl groups is 2. The molecule has 2 aliphatic carbocycles. The van der Waals surface area contributed by atoms with Gasteiger partial charge in [0, 0.05) is 11.6 Å². The number of pyridine rings is 1. The number of phenolic OH excluding ortho intramolecular Hbond substituents is 1. The minimum atomic E-state index is -1.29. The molecule has 2 aliphatic rings. The molecule has 1 saturated carbocycles. The Kier molecular flexibility index (Phi) is 3.85. The van der Waals surface area contributed by atoms with Crippen LogP contribution >= 0.6 is 0 Å². The van der Waals surface area contributed by atoms with Crippen LogP contribution in [0.4, 0.5) is 0 Å². The van der Waals surface area contributed by atoms with Crippen LogP contribution in [-0.4, -0.2) is 26.4 Å². The zero-order valence-electron chi connectivity index (χ0n) is 14.5. The fourth-order valence-corrected chi connectivity index (χ4v) is 5.22. The molecule has 0 saturated heterocycles. The minimum Gasteiger partial charge on any atom is -0.508 e. The lowest BCUT2D eigenvalue weighted by Gasteiger charge is -2.54. The van der Waals surface area contributed by atoms with E-state index in [-0.39, 0.29) is 11.3 Å². The summed E-state index contributed by atoms with van der Waals surface area (Å²) >= 11 is 0. The summed E-state index contributed by atoms with van der Waals surface area (Å²) in [7, 11) is 0. The molecule has 0 spiro atoms. The molecule has 1 unspecified atom stereocenters. The van der Waals surface area contributed by atoms with Crippen LogP contribution < -0.4 is 0 Å². The van der Waals surface area contributed by atoms with E-state index in [9.17, 15) is 15.3 Å². The van der Waals surface area contributed by atoms with Gasteiger partial charge < -0.3 is 15.3 Å². The smallest absolute Gasteiger partial charge is 0.132 e. The third-order valence-corrected chi connectivity index (χ3v) is 6.57. The number of phenols is 1. The number of rotatable bonds is 2. The van der Waals surface area contributed by atoms with Crippen molar-refractivity contribution in [3.63, 3.8) is 0 Å². The summed E-state index contributed by atoms with van der Waals surface area (Å²) in [5.41, 5.74) is 1.52. The molecule has 0 aliphatic heterocycles. The highest BCUT2D eigenvalue weighted by atomic mass is 16.3. The SMILES string of the molecule is CC[C@@]12CC(O)[C@](O)(c3ccccn3)C[C@H]1CCc1cc(O)ccc12. The Hall–Kier alpha value is -1.91. The normalized spacial score (nSPS) is 34.2. The minimum absolute atomic E-state index is 0.151. The van der Waals surface area contributed by atoms with Crippen LogP contribution in [0.25, 0.3) is 0 Å². The molecule has 1 aromatic carbocycles. The Morgan fingerprint density at radius 1 is 1.20 bits per heavy atom. The van der Waals surface area contributed by atoms with Crippen LogP contribution in [0, 0.1) is 5.92 Å². The van der Waals surface area contributed by atoms with Gasteiger partial charge in [0.1, 0.15) is 11.4 Å². The number of hydrogen-bond donors (Lipinski definition) is 3. The first-order chi connectivity index (χ1) is 12.0. The predicted octanol–water partition coefficient (Wildman–Crippen LogP) is 3.04. The van der Waals surface area contributed by atoms with E-state index in [1.54, 1.807) is 18.3 Å². The van der Waals surface area contributed by atoms with Crippen LogP contribution in [0.1, 0.15) is 49.4 Å². The van der Waals surface area contributed by atoms with Crippen molar-refractivity contribution in [2.24, 2.45) is 5.92 Å². The van der Waals surface area contributed by atoms with Crippen molar-refractivity contribution in [3.05, 3.63) is 59.4 Å². The molecule has 3 N–H and O–H groups in total. The topological polar surface area (TPSA) is 73.6 Å². The van der Waals surface area contributed by atoms with E-state index in [4.69, 9.17) is 0 Å². The first kappa shape index (κ1) is 16.6. The summed E-state index contributed by atoms with van der Waals surface area (Å²) in [4.78, 5) is 4.32. The van der Waals surface area contributed by atoms with Gasteiger partial charge in [0.2, 0.25) is 0 Å². The van der Waals surface area contributed by atoms with E-state index in [1.807, 2.05) is 24.3 Å². The van der Waals surface area contributed by atoms with Gasteiger partial charge in [-0.3, -0.25) is 4.98 Å². The zero-order valence-corrected chi connectivity index (χ0v) is 14.5. The van der Waals surface area contributed by atoms with Crippen LogP contribution in [0.15, 0.2) is 42.6 Å². The van der Waals surface area contributed by atoms with Gasteiger partial charge in [-0.05, 0) is 73.4 Å². The maximum Gasteiger partial charge on any atom is 0.132 e. The standard InChI is InChI=1S/C21H25NO3/c1-2-20-13-19(24)21(25,18-5-3-4-10-22-18)12-15(20)7-6-14-11-16(23)8-9-17(14)20/h3-5,8-11,15,19,23-25H,2,6-7,12-13H2,1H3/t15-,19?,20-,21-/m1/s1. The molecule has 4 nitrogen and oxygen atoms in total. The van der Waals surface area contributed by atoms with Gasteiger partial charge in [0.25, 0.3) is 0 Å². The summed E-state index contributed by atoms with van der Waals surface area (Å²) in [6, 6.07) is 11.1. The van der Waals surface area contributed by atoms with Gasteiger partial charge in [0.15, 0.2) is 0 Å². The average Bonchev–Trinajstić information content (AvgIpc) is 2.63. The number of aromatic nitrogens is 1. The van der Waals surface area contributed by atoms with Crippen LogP contribution in [0.2, 0.25) is 0 Å². The molecule has 4 rings (SSSR count). The zero-order chi connectivity index (χ0) is 17.7. The molecule has 1 heterocycles. The lowest BCUT2D eigenvalue weighted by molar-refractivity contribution is -0.148. The molecule has 0 radical (unpaired) electrons. The molecule has 4 atom stereocenters. The molecular formula is C21H25NO3. The summed E-state index contributed by atoms with van der Waals surface area (Å²) in [5.74, 6) is 0.578. The van der Waals surface area contributed by atoms with Crippen molar-refractivity contribution >= 4 is 0 Å². The third kappa shape index (κ3) is 2.39. The Balaban J connectivity index is 1.77. The average molecular weight is 339 g/mol. The fourth-order valence-electron chi connectivity index (χ4n) is 5.22. The van der Waals surface area contributed by atoms with Crippen molar-refractivity contribution in [1.82, 2.24) is 4.98 Å². The third-order valence-electron chi connectivity index (χ3n) is 6.57. The van der Waals surface area contributed by atoms with Gasteiger partial charge in [0.05, 0.1) is 11.8 Å². The number of fused-ring (bicyclic) bond motifs is 3. The van der Waals surface area contributed by atoms with Gasteiger partial charge in [-0.2, -0.15) is 0 Å². The van der Waals surface area contributed by atoms with Gasteiger partial charge in [-0.15, -0.1) is 0 Å². The highest BCUT2D eigenvalue weighted by molar-refractivity contribution is 5.43. The van der Waals surface area contributed by atoms with Crippen LogP contribution in [0.5, 0.6) is 5.75 Å². The molecular weight excluding hydrogens is 314 g/mol. The highest BCUT2D eigenvalue weighted by Crippen LogP contribution is 2.56. The van der Waals surface area contributed by atoms with E-state index in [1.165, 1.54) is 11.1 Å². The molecule has 0 bridgehead atoms. The molecule has 1 aromatic heterocycles. The molecule has 0 amide bonds.